The number of thiophene rings is 2. The zero-order valence-corrected chi connectivity index (χ0v) is 40.5. The lowest BCUT2D eigenvalue weighted by Gasteiger charge is -2.44. The van der Waals surface area contributed by atoms with E-state index in [-0.39, 0.29) is 12.1 Å². The van der Waals surface area contributed by atoms with E-state index in [1.807, 2.05) is 48.5 Å². The fourth-order valence-corrected chi connectivity index (χ4v) is 14.1. The van der Waals surface area contributed by atoms with Gasteiger partial charge in [0, 0.05) is 116 Å². The highest BCUT2D eigenvalue weighted by atomic mass is 32.3. The van der Waals surface area contributed by atoms with Crippen molar-refractivity contribution in [2.24, 2.45) is 0 Å². The lowest BCUT2D eigenvalue weighted by molar-refractivity contribution is -0.122. The normalized spacial score (nSPS) is 21.8. The highest BCUT2D eigenvalue weighted by Gasteiger charge is 2.38. The summed E-state index contributed by atoms with van der Waals surface area (Å²) in [5, 5.41) is 24.1. The van der Waals surface area contributed by atoms with Crippen molar-refractivity contribution < 1.29 is 36.6 Å². The Morgan fingerprint density at radius 3 is 1.17 bits per heavy atom. The average Bonchev–Trinajstić information content (AvgIpc) is 4.03. The monoisotopic (exact) mass is 954 g/mol. The van der Waals surface area contributed by atoms with Crippen molar-refractivity contribution in [3.63, 3.8) is 0 Å². The molecule has 0 amide bonds. The highest BCUT2D eigenvalue weighted by Crippen LogP contribution is 2.31. The van der Waals surface area contributed by atoms with Gasteiger partial charge in [0.15, 0.2) is 0 Å². The van der Waals surface area contributed by atoms with Crippen molar-refractivity contribution in [3.8, 4) is 0 Å². The van der Waals surface area contributed by atoms with Crippen LogP contribution < -0.4 is 9.80 Å². The van der Waals surface area contributed by atoms with E-state index in [0.717, 1.165) is 48.7 Å². The maximum Gasteiger partial charge on any atom is 0.252 e. The van der Waals surface area contributed by atoms with Gasteiger partial charge in [0.2, 0.25) is 0 Å². The smallest absolute Gasteiger partial charge is 0.252 e. The molecule has 0 saturated carbocycles. The number of carbonyl (C=O) groups is 2. The number of carbonyl (C=O) groups excluding carboxylic acids is 2. The van der Waals surface area contributed by atoms with Crippen LogP contribution in [0.1, 0.15) is 64.5 Å². The Kier molecular flexibility index (Phi) is 15.2. The van der Waals surface area contributed by atoms with Crippen LogP contribution in [0.4, 0.5) is 11.4 Å². The first-order chi connectivity index (χ1) is 30.3. The van der Waals surface area contributed by atoms with Crippen LogP contribution >= 0.6 is 22.7 Å². The first-order valence-electron chi connectivity index (χ1n) is 22.0. The van der Waals surface area contributed by atoms with E-state index in [9.17, 15) is 36.6 Å². The predicted octanol–water partition coefficient (Wildman–Crippen LogP) is 5.04. The molecule has 0 radical (unpaired) electrons. The molecular formula is C46H62N6O8S4. The van der Waals surface area contributed by atoms with Crippen LogP contribution in [0, 0.1) is 0 Å². The third-order valence-electron chi connectivity index (χ3n) is 12.6. The maximum absolute atomic E-state index is 13.2. The lowest BCUT2D eigenvalue weighted by atomic mass is 9.98. The third kappa shape index (κ3) is 11.7. The summed E-state index contributed by atoms with van der Waals surface area (Å²) in [4.78, 5) is 32.4. The summed E-state index contributed by atoms with van der Waals surface area (Å²) in [5.41, 5.74) is 1.89. The van der Waals surface area contributed by atoms with Gasteiger partial charge < -0.3 is 29.8 Å². The number of ketones is 2. The van der Waals surface area contributed by atoms with Gasteiger partial charge in [-0.05, 0) is 86.0 Å². The molecule has 14 nitrogen and oxygen atoms in total. The first kappa shape index (κ1) is 48.4. The summed E-state index contributed by atoms with van der Waals surface area (Å²) in [6.07, 6.45) is 2.24. The second-order valence-electron chi connectivity index (χ2n) is 18.2. The third-order valence-corrected chi connectivity index (χ3v) is 19.1. The molecule has 2 N–H and O–H groups in total. The minimum atomic E-state index is -3.51. The molecule has 64 heavy (non-hydrogen) atoms. The number of benzene rings is 2. The Hall–Kier alpha value is -3.56. The van der Waals surface area contributed by atoms with Crippen LogP contribution in [0.5, 0.6) is 0 Å². The molecule has 2 atom stereocenters. The van der Waals surface area contributed by atoms with E-state index in [1.54, 1.807) is 71.3 Å². The summed E-state index contributed by atoms with van der Waals surface area (Å²) in [6.45, 7) is 14.1. The molecule has 4 fully saturated rings. The molecular weight excluding hydrogens is 893 g/mol. The molecule has 4 aliphatic rings. The van der Waals surface area contributed by atoms with Crippen molar-refractivity contribution in [2.75, 3.05) is 88.3 Å². The molecule has 8 rings (SSSR count). The predicted molar refractivity (Wildman–Crippen MR) is 253 cm³/mol. The number of anilines is 2. The second kappa shape index (κ2) is 20.1. The molecule has 4 aliphatic heterocycles. The minimum Gasteiger partial charge on any atom is -0.386 e. The van der Waals surface area contributed by atoms with Crippen LogP contribution in [-0.2, 0) is 40.8 Å². The van der Waals surface area contributed by atoms with Gasteiger partial charge in [-0.3, -0.25) is 9.59 Å². The standard InChI is InChI=1S/2C23H31N3O4S2/c2*1-23(2,28)18-5-7-19(8-6-18)26-14-13-25(32(29,30)22-4-3-15-31-22)17-20(26)16-24-11-9-21(27)10-12-24/h2*3-8,15,20,28H,9-14,16-17H2,1-2H3/t2*20-/m00/s1. The van der Waals surface area contributed by atoms with Crippen LogP contribution in [0.25, 0.3) is 0 Å². The van der Waals surface area contributed by atoms with Gasteiger partial charge >= 0.3 is 0 Å². The zero-order valence-electron chi connectivity index (χ0n) is 37.2. The topological polar surface area (TPSA) is 162 Å². The minimum absolute atomic E-state index is 0.0281. The van der Waals surface area contributed by atoms with E-state index in [1.165, 1.54) is 22.7 Å². The molecule has 348 valence electrons. The van der Waals surface area contributed by atoms with Crippen molar-refractivity contribution in [1.29, 1.82) is 0 Å². The Morgan fingerprint density at radius 2 is 0.875 bits per heavy atom. The molecule has 2 aromatic carbocycles. The highest BCUT2D eigenvalue weighted by molar-refractivity contribution is 7.91. The molecule has 0 unspecified atom stereocenters. The van der Waals surface area contributed by atoms with Crippen molar-refractivity contribution in [2.45, 2.75) is 85.1 Å². The van der Waals surface area contributed by atoms with Crippen LogP contribution in [0.3, 0.4) is 0 Å². The molecule has 0 bridgehead atoms. The largest absolute Gasteiger partial charge is 0.386 e. The first-order valence-corrected chi connectivity index (χ1v) is 26.7. The summed E-state index contributed by atoms with van der Waals surface area (Å²) in [6, 6.07) is 22.5. The van der Waals surface area contributed by atoms with Gasteiger partial charge in [-0.15, -0.1) is 22.7 Å². The van der Waals surface area contributed by atoms with Gasteiger partial charge in [0.25, 0.3) is 20.0 Å². The maximum atomic E-state index is 13.2. The summed E-state index contributed by atoms with van der Waals surface area (Å²) < 4.78 is 56.6. The Morgan fingerprint density at radius 1 is 0.531 bits per heavy atom. The van der Waals surface area contributed by atoms with Crippen molar-refractivity contribution >= 4 is 65.7 Å². The zero-order chi connectivity index (χ0) is 45.9. The van der Waals surface area contributed by atoms with E-state index in [2.05, 4.69) is 19.6 Å². The van der Waals surface area contributed by atoms with Crippen molar-refractivity contribution in [1.82, 2.24) is 18.4 Å². The van der Waals surface area contributed by atoms with Gasteiger partial charge in [0.1, 0.15) is 20.0 Å². The Balaban J connectivity index is 0.000000191. The number of piperidine rings is 2. The second-order valence-corrected chi connectivity index (χ2v) is 24.4. The van der Waals surface area contributed by atoms with Gasteiger partial charge in [-0.1, -0.05) is 36.4 Å². The van der Waals surface area contributed by atoms with Crippen LogP contribution in [-0.4, -0.2) is 148 Å². The fraction of sp³-hybridized carbons (Fsp3) is 0.522. The number of hydrogen-bond acceptors (Lipinski definition) is 14. The summed E-state index contributed by atoms with van der Waals surface area (Å²) >= 11 is 2.49. The number of Topliss-reactive ketones (excluding diaryl/α,β-unsaturated/α-hetero) is 2. The van der Waals surface area contributed by atoms with Gasteiger partial charge in [-0.2, -0.15) is 8.61 Å². The molecule has 6 heterocycles. The van der Waals surface area contributed by atoms with Crippen LogP contribution in [0.2, 0.25) is 0 Å². The average molecular weight is 955 g/mol. The van der Waals surface area contributed by atoms with E-state index < -0.39 is 31.2 Å². The molecule has 0 aliphatic carbocycles. The molecule has 4 saturated heterocycles. The number of nitrogens with zero attached hydrogens (tertiary/aromatic N) is 6. The van der Waals surface area contributed by atoms with Gasteiger partial charge in [-0.25, -0.2) is 16.8 Å². The lowest BCUT2D eigenvalue weighted by Crippen LogP contribution is -2.58. The van der Waals surface area contributed by atoms with Crippen molar-refractivity contribution in [3.05, 3.63) is 94.7 Å². The van der Waals surface area contributed by atoms with E-state index in [4.69, 9.17) is 0 Å². The van der Waals surface area contributed by atoms with E-state index in [0.29, 0.717) is 98.0 Å². The Bertz CT molecular complexity index is 2210. The molecule has 2 aromatic heterocycles. The number of likely N-dealkylation sites (tertiary alicyclic amines) is 2. The number of piperazine rings is 2. The Labute approximate surface area is 386 Å². The summed E-state index contributed by atoms with van der Waals surface area (Å²) in [7, 11) is -7.03. The number of rotatable bonds is 12. The quantitative estimate of drug-likeness (QED) is 0.195. The van der Waals surface area contributed by atoms with Gasteiger partial charge in [0.05, 0.1) is 23.3 Å². The SMILES string of the molecule is CC(C)(O)c1ccc(N2CCN(S(=O)(=O)c3cccs3)C[C@@H]2CN2CCC(=O)CC2)cc1.CC(C)(O)c1ccc(N2CCN(S(=O)(=O)c3cccs3)C[C@@H]2CN2CCC(=O)CC2)cc1. The number of hydrogen-bond donors (Lipinski definition) is 2. The fourth-order valence-electron chi connectivity index (χ4n) is 8.85. The van der Waals surface area contributed by atoms with E-state index >= 15 is 0 Å². The number of sulfonamides is 2. The summed E-state index contributed by atoms with van der Waals surface area (Å²) in [5.74, 6) is 0.594. The molecule has 18 heteroatoms. The van der Waals surface area contributed by atoms with Crippen LogP contribution in [0.15, 0.2) is 92.0 Å². The number of aliphatic hydroxyl groups is 2. The molecule has 0 spiro atoms. The molecule has 4 aromatic rings.